The molecule has 0 aliphatic carbocycles. The fraction of sp³-hybridized carbons (Fsp3) is 0.500. The molecule has 4 amide bonds. The van der Waals surface area contributed by atoms with Crippen LogP contribution in [0.5, 0.6) is 0 Å². The number of rotatable bonds is 20. The molecule has 13 heteroatoms. The van der Waals surface area contributed by atoms with Gasteiger partial charge in [0.15, 0.2) is 11.5 Å². The Hall–Kier alpha value is -3.78. The van der Waals surface area contributed by atoms with Gasteiger partial charge in [-0.3, -0.25) is 29.4 Å². The molecule has 1 saturated heterocycles. The van der Waals surface area contributed by atoms with Gasteiger partial charge in [-0.1, -0.05) is 19.2 Å². The first kappa shape index (κ1) is 31.7. The maximum Gasteiger partial charge on any atom is 0.264 e. The molecule has 3 rings (SSSR count). The molecular formula is C28H37N3O10. The van der Waals surface area contributed by atoms with Gasteiger partial charge in [-0.25, -0.2) is 0 Å². The van der Waals surface area contributed by atoms with Gasteiger partial charge in [0.1, 0.15) is 12.6 Å². The van der Waals surface area contributed by atoms with Crippen LogP contribution in [0.2, 0.25) is 0 Å². The highest BCUT2D eigenvalue weighted by Crippen LogP contribution is 2.32. The summed E-state index contributed by atoms with van der Waals surface area (Å²) in [5.74, 6) is -1.41. The number of anilines is 1. The van der Waals surface area contributed by atoms with Crippen molar-refractivity contribution in [3.63, 3.8) is 0 Å². The molecule has 2 aliphatic heterocycles. The number of nitrogens with one attached hydrogen (secondary N) is 2. The van der Waals surface area contributed by atoms with Gasteiger partial charge in [-0.15, -0.1) is 0 Å². The van der Waals surface area contributed by atoms with Gasteiger partial charge in [0.2, 0.25) is 11.8 Å². The lowest BCUT2D eigenvalue weighted by Crippen LogP contribution is -2.54. The van der Waals surface area contributed by atoms with Crippen molar-refractivity contribution in [3.8, 4) is 0 Å². The first-order valence-corrected chi connectivity index (χ1v) is 13.3. The second-order valence-corrected chi connectivity index (χ2v) is 8.95. The number of amides is 4. The third-order valence-corrected chi connectivity index (χ3v) is 6.21. The first-order valence-electron chi connectivity index (χ1n) is 13.3. The number of imide groups is 2. The lowest BCUT2D eigenvalue weighted by atomic mass is 10.0. The Morgan fingerprint density at radius 1 is 0.878 bits per heavy atom. The zero-order valence-electron chi connectivity index (χ0n) is 23.2. The van der Waals surface area contributed by atoms with E-state index in [1.807, 2.05) is 0 Å². The zero-order chi connectivity index (χ0) is 29.6. The molecule has 0 spiro atoms. The van der Waals surface area contributed by atoms with Crippen LogP contribution in [0.3, 0.4) is 0 Å². The molecule has 2 aliphatic rings. The Kier molecular flexibility index (Phi) is 12.8. The van der Waals surface area contributed by atoms with Crippen molar-refractivity contribution in [2.75, 3.05) is 78.4 Å². The molecule has 1 aromatic carbocycles. The van der Waals surface area contributed by atoms with Crippen LogP contribution in [0, 0.1) is 0 Å². The highest BCUT2D eigenvalue weighted by atomic mass is 16.6. The summed E-state index contributed by atoms with van der Waals surface area (Å²) >= 11 is 0. The molecule has 41 heavy (non-hydrogen) atoms. The van der Waals surface area contributed by atoms with Crippen molar-refractivity contribution in [1.82, 2.24) is 10.2 Å². The molecule has 1 atom stereocenters. The molecule has 0 aromatic heterocycles. The summed E-state index contributed by atoms with van der Waals surface area (Å²) in [6.45, 7) is 11.3. The molecule has 224 valence electrons. The minimum Gasteiger partial charge on any atom is -0.494 e. The van der Waals surface area contributed by atoms with Crippen molar-refractivity contribution >= 4 is 29.3 Å². The Morgan fingerprint density at radius 3 is 2.10 bits per heavy atom. The summed E-state index contributed by atoms with van der Waals surface area (Å²) in [5.41, 5.74) is 0.910. The Balaban J connectivity index is 1.22. The summed E-state index contributed by atoms with van der Waals surface area (Å²) in [6.07, 6.45) is 0.175. The van der Waals surface area contributed by atoms with E-state index in [1.165, 1.54) is 7.11 Å². The minimum absolute atomic E-state index is 0.0687. The largest absolute Gasteiger partial charge is 0.494 e. The Labute approximate surface area is 238 Å². The molecule has 0 saturated carbocycles. The summed E-state index contributed by atoms with van der Waals surface area (Å²) in [4.78, 5) is 50.6. The normalized spacial score (nSPS) is 16.4. The van der Waals surface area contributed by atoms with Gasteiger partial charge in [-0.05, 0) is 18.6 Å². The van der Waals surface area contributed by atoms with E-state index in [1.54, 1.807) is 18.2 Å². The first-order chi connectivity index (χ1) is 19.8. The van der Waals surface area contributed by atoms with Crippen LogP contribution >= 0.6 is 0 Å². The highest BCUT2D eigenvalue weighted by molar-refractivity contribution is 6.25. The zero-order valence-corrected chi connectivity index (χ0v) is 23.2. The van der Waals surface area contributed by atoms with Crippen molar-refractivity contribution in [1.29, 1.82) is 0 Å². The Bertz CT molecular complexity index is 1120. The summed E-state index contributed by atoms with van der Waals surface area (Å²) in [6, 6.07) is 3.90. The van der Waals surface area contributed by atoms with Crippen molar-refractivity contribution < 1.29 is 47.6 Å². The van der Waals surface area contributed by atoms with Crippen molar-refractivity contribution in [3.05, 3.63) is 54.0 Å². The van der Waals surface area contributed by atoms with E-state index in [-0.39, 0.29) is 24.0 Å². The third kappa shape index (κ3) is 9.11. The molecule has 1 aromatic rings. The van der Waals surface area contributed by atoms with Crippen LogP contribution in [-0.4, -0.2) is 108 Å². The molecule has 0 radical (unpaired) electrons. The molecule has 2 heterocycles. The number of hydrogen-bond acceptors (Lipinski definition) is 11. The molecule has 13 nitrogen and oxygen atoms in total. The summed E-state index contributed by atoms with van der Waals surface area (Å²) in [5, 5.41) is 5.31. The van der Waals surface area contributed by atoms with Crippen LogP contribution in [0.15, 0.2) is 42.9 Å². The smallest absolute Gasteiger partial charge is 0.264 e. The highest BCUT2D eigenvalue weighted by Gasteiger charge is 2.45. The van der Waals surface area contributed by atoms with E-state index in [0.29, 0.717) is 83.2 Å². The second kappa shape index (κ2) is 16.5. The predicted octanol–water partition coefficient (Wildman–Crippen LogP) is 1.26. The summed E-state index contributed by atoms with van der Waals surface area (Å²) in [7, 11) is 1.50. The number of piperidine rings is 1. The number of benzene rings is 1. The third-order valence-electron chi connectivity index (χ3n) is 6.21. The Morgan fingerprint density at radius 2 is 1.49 bits per heavy atom. The monoisotopic (exact) mass is 575 g/mol. The fourth-order valence-corrected chi connectivity index (χ4v) is 4.10. The number of fused-ring (bicyclic) bond motifs is 1. The van der Waals surface area contributed by atoms with E-state index >= 15 is 0 Å². The average molecular weight is 576 g/mol. The van der Waals surface area contributed by atoms with Gasteiger partial charge < -0.3 is 33.7 Å². The maximum absolute atomic E-state index is 13.1. The van der Waals surface area contributed by atoms with E-state index in [9.17, 15) is 19.2 Å². The SMILES string of the molecule is C=C(OC)C(=C)OCCOCCOCCOCCOCCNc1cccc2c1C(=O)N(C1CCC(=O)NC1=O)C2=O. The molecular weight excluding hydrogens is 538 g/mol. The van der Waals surface area contributed by atoms with Gasteiger partial charge in [0.25, 0.3) is 11.8 Å². The van der Waals surface area contributed by atoms with Crippen LogP contribution in [-0.2, 0) is 38.0 Å². The van der Waals surface area contributed by atoms with E-state index < -0.39 is 29.7 Å². The van der Waals surface area contributed by atoms with E-state index in [0.717, 1.165) is 4.90 Å². The van der Waals surface area contributed by atoms with Crippen LogP contribution < -0.4 is 10.6 Å². The maximum atomic E-state index is 13.1. The van der Waals surface area contributed by atoms with Crippen molar-refractivity contribution in [2.45, 2.75) is 18.9 Å². The molecule has 0 bridgehead atoms. The number of methoxy groups -OCH3 is 1. The quantitative estimate of drug-likeness (QED) is 0.100. The number of carbonyl (C=O) groups is 4. The van der Waals surface area contributed by atoms with E-state index in [2.05, 4.69) is 23.8 Å². The predicted molar refractivity (Wildman–Crippen MR) is 146 cm³/mol. The van der Waals surface area contributed by atoms with Gasteiger partial charge >= 0.3 is 0 Å². The van der Waals surface area contributed by atoms with Crippen LogP contribution in [0.25, 0.3) is 0 Å². The number of carbonyl (C=O) groups excluding carboxylic acids is 4. The topological polar surface area (TPSA) is 151 Å². The molecule has 1 fully saturated rings. The average Bonchev–Trinajstić information content (AvgIpc) is 3.22. The van der Waals surface area contributed by atoms with Gasteiger partial charge in [-0.2, -0.15) is 0 Å². The van der Waals surface area contributed by atoms with E-state index in [4.69, 9.17) is 28.4 Å². The number of hydrogen-bond donors (Lipinski definition) is 2. The molecule has 2 N–H and O–H groups in total. The number of nitrogens with zero attached hydrogens (tertiary/aromatic N) is 1. The standard InChI is InChI=1S/C28H37N3O10/c1-19(36-3)20(2)41-18-17-40-16-15-39-14-13-38-12-11-37-10-9-29-22-6-4-5-21-25(22)28(35)31(27(21)34)23-7-8-24(32)30-26(23)33/h4-6,23,29H,1-2,7-18H2,3H3,(H,30,32,33). The van der Waals surface area contributed by atoms with Crippen LogP contribution in [0.1, 0.15) is 33.6 Å². The lowest BCUT2D eigenvalue weighted by Gasteiger charge is -2.27. The van der Waals surface area contributed by atoms with Crippen molar-refractivity contribution in [2.24, 2.45) is 0 Å². The second-order valence-electron chi connectivity index (χ2n) is 8.95. The summed E-state index contributed by atoms with van der Waals surface area (Å²) < 4.78 is 32.1. The van der Waals surface area contributed by atoms with Crippen LogP contribution in [0.4, 0.5) is 5.69 Å². The van der Waals surface area contributed by atoms with Gasteiger partial charge in [0, 0.05) is 18.7 Å². The molecule has 1 unspecified atom stereocenters. The fourth-order valence-electron chi connectivity index (χ4n) is 4.10. The number of ether oxygens (including phenoxy) is 6. The van der Waals surface area contributed by atoms with Gasteiger partial charge in [0.05, 0.1) is 71.1 Å². The lowest BCUT2D eigenvalue weighted by molar-refractivity contribution is -0.136. The minimum atomic E-state index is -1.01.